The molecule has 2 heteroatoms. The predicted octanol–water partition coefficient (Wildman–Crippen LogP) is 3.72. The van der Waals surface area contributed by atoms with Gasteiger partial charge in [0.1, 0.15) is 0 Å². The summed E-state index contributed by atoms with van der Waals surface area (Å²) in [5, 5.41) is 0. The molecule has 10 heavy (non-hydrogen) atoms. The molecule has 0 amide bonds. The van der Waals surface area contributed by atoms with E-state index in [1.807, 2.05) is 0 Å². The first-order valence-electron chi connectivity index (χ1n) is 4.27. The minimum absolute atomic E-state index is 1.10. The van der Waals surface area contributed by atoms with E-state index in [1.54, 1.807) is 12.3 Å². The molecule has 0 bridgehead atoms. The average molecular weight is 272 g/mol. The molecule has 1 aliphatic rings. The van der Waals surface area contributed by atoms with Gasteiger partial charge in [-0.25, -0.2) is 0 Å². The van der Waals surface area contributed by atoms with Gasteiger partial charge in [-0.2, -0.15) is 0 Å². The van der Waals surface area contributed by atoms with E-state index in [0.29, 0.717) is 0 Å². The standard InChI is InChI=1S/C8H18IP/c1-3-10(2,9)7-5-4-6-8-10/h3-8H2,1-2H3. The first kappa shape index (κ1) is 9.25. The summed E-state index contributed by atoms with van der Waals surface area (Å²) in [4.78, 5) is 0. The Bertz CT molecular complexity index is 121. The first-order chi connectivity index (χ1) is 4.55. The Labute approximate surface area is 77.6 Å². The fourth-order valence-electron chi connectivity index (χ4n) is 1.71. The van der Waals surface area contributed by atoms with Crippen molar-refractivity contribution < 1.29 is 0 Å². The van der Waals surface area contributed by atoms with Gasteiger partial charge in [0.2, 0.25) is 0 Å². The predicted molar refractivity (Wildman–Crippen MR) is 61.0 cm³/mol. The zero-order valence-corrected chi connectivity index (χ0v) is 10.1. The van der Waals surface area contributed by atoms with Gasteiger partial charge >= 0.3 is 77.6 Å². The molecule has 0 saturated carbocycles. The van der Waals surface area contributed by atoms with Crippen LogP contribution in [0, 0.1) is 0 Å². The van der Waals surface area contributed by atoms with Gasteiger partial charge in [0.05, 0.1) is 0 Å². The number of halogens is 1. The Morgan fingerprint density at radius 1 is 1.20 bits per heavy atom. The Morgan fingerprint density at radius 2 is 1.70 bits per heavy atom. The van der Waals surface area contributed by atoms with Gasteiger partial charge in [-0.15, -0.1) is 0 Å². The zero-order chi connectivity index (χ0) is 7.69. The van der Waals surface area contributed by atoms with Crippen LogP contribution < -0.4 is 0 Å². The molecular weight excluding hydrogens is 254 g/mol. The van der Waals surface area contributed by atoms with Crippen LogP contribution in [0.1, 0.15) is 26.2 Å². The second-order valence-electron chi connectivity index (χ2n) is 3.97. The van der Waals surface area contributed by atoms with Crippen LogP contribution >= 0.6 is 26.3 Å². The van der Waals surface area contributed by atoms with Crippen molar-refractivity contribution in [2.45, 2.75) is 26.2 Å². The van der Waals surface area contributed by atoms with Crippen molar-refractivity contribution in [3.8, 4) is 0 Å². The molecule has 0 aromatic carbocycles. The fourth-order valence-corrected chi connectivity index (χ4v) is 6.83. The van der Waals surface area contributed by atoms with Gasteiger partial charge in [0.15, 0.2) is 0 Å². The van der Waals surface area contributed by atoms with Crippen LogP contribution in [-0.4, -0.2) is 25.2 Å². The van der Waals surface area contributed by atoms with E-state index in [0.717, 1.165) is 0 Å². The van der Waals surface area contributed by atoms with Crippen LogP contribution in [0.4, 0.5) is 0 Å². The monoisotopic (exact) mass is 272 g/mol. The third-order valence-corrected chi connectivity index (χ3v) is 12.8. The molecule has 1 heterocycles. The van der Waals surface area contributed by atoms with E-state index in [-0.39, 0.29) is 0 Å². The van der Waals surface area contributed by atoms with Crippen LogP contribution in [-0.2, 0) is 0 Å². The van der Waals surface area contributed by atoms with Crippen LogP contribution in [0.5, 0.6) is 0 Å². The average Bonchev–Trinajstić information content (AvgIpc) is 1.89. The zero-order valence-electron chi connectivity index (χ0n) is 7.07. The summed E-state index contributed by atoms with van der Waals surface area (Å²) in [5.74, 6) is 0. The maximum atomic E-state index is 2.82. The van der Waals surface area contributed by atoms with Crippen molar-refractivity contribution in [2.75, 3.05) is 25.2 Å². The van der Waals surface area contributed by atoms with Gasteiger partial charge in [0.25, 0.3) is 0 Å². The van der Waals surface area contributed by atoms with E-state index < -0.39 is 4.25 Å². The Balaban J connectivity index is 2.63. The molecule has 0 N–H and O–H groups in total. The first-order valence-corrected chi connectivity index (χ1v) is 10.3. The van der Waals surface area contributed by atoms with Crippen LogP contribution in [0.2, 0.25) is 0 Å². The topological polar surface area (TPSA) is 0 Å². The molecule has 1 aliphatic heterocycles. The second-order valence-corrected chi connectivity index (χ2v) is 18.8. The summed E-state index contributed by atoms with van der Waals surface area (Å²) in [7, 11) is 0. The Hall–Kier alpha value is 1.16. The normalized spacial score (nSPS) is 34.1. The molecule has 62 valence electrons. The van der Waals surface area contributed by atoms with E-state index in [4.69, 9.17) is 0 Å². The number of rotatable bonds is 1. The molecule has 0 aromatic rings. The summed E-state index contributed by atoms with van der Waals surface area (Å²) in [6.07, 6.45) is 9.09. The third-order valence-electron chi connectivity index (χ3n) is 2.95. The van der Waals surface area contributed by atoms with Gasteiger partial charge in [-0.3, -0.25) is 0 Å². The van der Waals surface area contributed by atoms with Crippen molar-refractivity contribution in [3.05, 3.63) is 0 Å². The summed E-state index contributed by atoms with van der Waals surface area (Å²) in [6.45, 7) is 4.96. The molecule has 0 nitrogen and oxygen atoms in total. The molecule has 0 unspecified atom stereocenters. The van der Waals surface area contributed by atoms with Crippen molar-refractivity contribution in [2.24, 2.45) is 0 Å². The summed E-state index contributed by atoms with van der Waals surface area (Å²) in [6, 6.07) is 0. The molecule has 0 aliphatic carbocycles. The van der Waals surface area contributed by atoms with Crippen LogP contribution in [0.25, 0.3) is 0 Å². The Morgan fingerprint density at radius 3 is 2.00 bits per heavy atom. The molecular formula is C8H18IP. The maximum absolute atomic E-state index is 2.82. The molecule has 1 fully saturated rings. The molecule has 1 saturated heterocycles. The number of hydrogen-bond acceptors (Lipinski definition) is 0. The quantitative estimate of drug-likeness (QED) is 0.504. The molecule has 0 atom stereocenters. The fraction of sp³-hybridized carbons (Fsp3) is 1.00. The van der Waals surface area contributed by atoms with E-state index in [1.165, 1.54) is 25.4 Å². The van der Waals surface area contributed by atoms with Crippen LogP contribution in [0.3, 0.4) is 0 Å². The molecule has 1 rings (SSSR count). The summed E-state index contributed by atoms with van der Waals surface area (Å²) >= 11 is 2.82. The van der Waals surface area contributed by atoms with Gasteiger partial charge < -0.3 is 0 Å². The molecule has 0 radical (unpaired) electrons. The van der Waals surface area contributed by atoms with E-state index >= 15 is 0 Å². The van der Waals surface area contributed by atoms with Gasteiger partial charge in [-0.05, 0) is 0 Å². The van der Waals surface area contributed by atoms with Crippen molar-refractivity contribution in [3.63, 3.8) is 0 Å². The van der Waals surface area contributed by atoms with E-state index in [2.05, 4.69) is 35.6 Å². The Kier molecular flexibility index (Phi) is 2.68. The van der Waals surface area contributed by atoms with Crippen molar-refractivity contribution >= 4 is 26.3 Å². The van der Waals surface area contributed by atoms with Gasteiger partial charge in [0, 0.05) is 0 Å². The molecule has 0 aromatic heterocycles. The van der Waals surface area contributed by atoms with Crippen molar-refractivity contribution in [1.29, 1.82) is 0 Å². The van der Waals surface area contributed by atoms with Crippen molar-refractivity contribution in [1.82, 2.24) is 0 Å². The van der Waals surface area contributed by atoms with E-state index in [9.17, 15) is 0 Å². The molecule has 0 spiro atoms. The third kappa shape index (κ3) is 2.07. The number of hydrogen-bond donors (Lipinski definition) is 0. The SMILES string of the molecule is CCP1(C)(I)CCCCC1. The summed E-state index contributed by atoms with van der Waals surface area (Å²) in [5.41, 5.74) is 0. The second kappa shape index (κ2) is 2.90. The van der Waals surface area contributed by atoms with Gasteiger partial charge in [-0.1, -0.05) is 0 Å². The minimum atomic E-state index is -1.10. The summed E-state index contributed by atoms with van der Waals surface area (Å²) < 4.78 is -1.10. The van der Waals surface area contributed by atoms with Crippen LogP contribution in [0.15, 0.2) is 0 Å².